The van der Waals surface area contributed by atoms with Gasteiger partial charge in [-0.2, -0.15) is 0 Å². The second kappa shape index (κ2) is 6.50. The molecule has 2 saturated heterocycles. The largest absolute Gasteiger partial charge is 0.462 e. The first-order chi connectivity index (χ1) is 16.2. The van der Waals surface area contributed by atoms with Gasteiger partial charge in [0.1, 0.15) is 18.0 Å². The molecule has 0 radical (unpaired) electrons. The Hall–Kier alpha value is -2.24. The molecule has 12 atom stereocenters. The van der Waals surface area contributed by atoms with Crippen molar-refractivity contribution in [3.05, 3.63) is 24.3 Å². The van der Waals surface area contributed by atoms with Gasteiger partial charge in [-0.15, -0.1) is 0 Å². The van der Waals surface area contributed by atoms with E-state index in [0.717, 1.165) is 6.42 Å². The number of hydrogen-bond donors (Lipinski definition) is 0. The Labute approximate surface area is 199 Å². The molecule has 0 amide bonds. The SMILES string of the molecule is C=C1C(=O)O[C@@H]2C[C@@H](C)[C@H]3[C@H]4CC(=O)[C@]3(C[C@H]12)C[C@]41C(=O)O[C@@H]2C[C@@H](C)[C@H]3C=CC(=O)[C@@H]3C[C@@H]21. The molecule has 0 N–H and O–H groups in total. The van der Waals surface area contributed by atoms with E-state index >= 15 is 0 Å². The molecule has 6 nitrogen and oxygen atoms in total. The Kier molecular flexibility index (Phi) is 4.03. The predicted molar refractivity (Wildman–Crippen MR) is 120 cm³/mol. The molecule has 7 aliphatic rings. The number of Topliss-reactive ketones (excluding diaryl/α,β-unsaturated/α-hetero) is 1. The van der Waals surface area contributed by atoms with E-state index < -0.39 is 10.8 Å². The first kappa shape index (κ1) is 21.1. The maximum absolute atomic E-state index is 13.8. The zero-order valence-corrected chi connectivity index (χ0v) is 19.8. The fourth-order valence-electron chi connectivity index (χ4n) is 10.1. The number of fused-ring (bicyclic) bond motifs is 5. The Morgan fingerprint density at radius 3 is 2.50 bits per heavy atom. The lowest BCUT2D eigenvalue weighted by Gasteiger charge is -2.39. The molecular weight excluding hydrogens is 432 g/mol. The molecule has 0 aromatic rings. The van der Waals surface area contributed by atoms with Crippen molar-refractivity contribution in [1.29, 1.82) is 0 Å². The molecule has 7 rings (SSSR count). The Balaban J connectivity index is 1.32. The van der Waals surface area contributed by atoms with Gasteiger partial charge in [-0.05, 0) is 67.8 Å². The van der Waals surface area contributed by atoms with Gasteiger partial charge in [0.05, 0.1) is 5.41 Å². The van der Waals surface area contributed by atoms with Crippen molar-refractivity contribution < 1.29 is 28.7 Å². The molecule has 2 aliphatic heterocycles. The third kappa shape index (κ3) is 2.29. The molecule has 4 saturated carbocycles. The van der Waals surface area contributed by atoms with Crippen molar-refractivity contribution in [1.82, 2.24) is 0 Å². The van der Waals surface area contributed by atoms with Crippen LogP contribution in [0.2, 0.25) is 0 Å². The summed E-state index contributed by atoms with van der Waals surface area (Å²) in [5.74, 6) is 0.312. The Morgan fingerprint density at radius 2 is 1.71 bits per heavy atom. The highest BCUT2D eigenvalue weighted by Gasteiger charge is 2.78. The van der Waals surface area contributed by atoms with Crippen molar-refractivity contribution in [2.45, 2.75) is 64.6 Å². The van der Waals surface area contributed by atoms with Crippen LogP contribution >= 0.6 is 0 Å². The molecule has 0 unspecified atom stereocenters. The monoisotopic (exact) mass is 464 g/mol. The number of esters is 2. The predicted octanol–water partition coefficient (Wildman–Crippen LogP) is 3.44. The molecule has 6 fully saturated rings. The van der Waals surface area contributed by atoms with Gasteiger partial charge >= 0.3 is 11.9 Å². The summed E-state index contributed by atoms with van der Waals surface area (Å²) in [6.07, 6.45) is 6.98. The first-order valence-electron chi connectivity index (χ1n) is 13.0. The quantitative estimate of drug-likeness (QED) is 0.403. The fraction of sp³-hybridized carbons (Fsp3) is 0.714. The summed E-state index contributed by atoms with van der Waals surface area (Å²) in [6.45, 7) is 8.35. The summed E-state index contributed by atoms with van der Waals surface area (Å²) in [5.41, 5.74) is -0.860. The lowest BCUT2D eigenvalue weighted by molar-refractivity contribution is -0.153. The lowest BCUT2D eigenvalue weighted by atomic mass is 9.59. The lowest BCUT2D eigenvalue weighted by Crippen LogP contribution is -2.45. The number of carbonyl (C=O) groups is 4. The van der Waals surface area contributed by atoms with E-state index in [4.69, 9.17) is 9.47 Å². The van der Waals surface area contributed by atoms with Gasteiger partial charge in [-0.25, -0.2) is 4.79 Å². The zero-order valence-electron chi connectivity index (χ0n) is 19.8. The van der Waals surface area contributed by atoms with E-state index in [1.807, 2.05) is 0 Å². The van der Waals surface area contributed by atoms with Crippen LogP contribution in [0.5, 0.6) is 0 Å². The number of carbonyl (C=O) groups excluding carboxylic acids is 4. The minimum absolute atomic E-state index is 0.0316. The summed E-state index contributed by atoms with van der Waals surface area (Å²) >= 11 is 0. The smallest absolute Gasteiger partial charge is 0.334 e. The second-order valence-corrected chi connectivity index (χ2v) is 12.6. The molecule has 0 aromatic heterocycles. The Morgan fingerprint density at radius 1 is 0.941 bits per heavy atom. The number of hydrogen-bond acceptors (Lipinski definition) is 6. The number of ketones is 2. The van der Waals surface area contributed by atoms with Crippen LogP contribution in [0.25, 0.3) is 0 Å². The molecule has 34 heavy (non-hydrogen) atoms. The van der Waals surface area contributed by atoms with Gasteiger partial charge in [0, 0.05) is 35.2 Å². The van der Waals surface area contributed by atoms with E-state index in [9.17, 15) is 19.2 Å². The standard InChI is InChI=1S/C28H32O6/c1-12-6-22-18(8-16-15(12)4-5-20(16)29)28(26(32)34-22)11-27-10-17-14(3)25(31)33-21(17)7-13(2)24(27)19(28)9-23(27)30/h4-5,12-13,15-19,21-22,24H,3,6-11H2,1-2H3/t12-,13-,15-,16-,17-,18+,19-,21-,22-,24+,27+,28-/m1/s1. The van der Waals surface area contributed by atoms with Crippen LogP contribution in [-0.2, 0) is 28.7 Å². The van der Waals surface area contributed by atoms with Gasteiger partial charge in [0.2, 0.25) is 0 Å². The minimum Gasteiger partial charge on any atom is -0.462 e. The third-order valence-corrected chi connectivity index (χ3v) is 11.4. The third-order valence-electron chi connectivity index (χ3n) is 11.4. The van der Waals surface area contributed by atoms with E-state index in [2.05, 4.69) is 26.5 Å². The number of allylic oxidation sites excluding steroid dienone is 2. The van der Waals surface area contributed by atoms with Crippen LogP contribution in [0, 0.1) is 58.2 Å². The average molecular weight is 465 g/mol. The van der Waals surface area contributed by atoms with Gasteiger partial charge < -0.3 is 9.47 Å². The van der Waals surface area contributed by atoms with Crippen LogP contribution in [0.15, 0.2) is 24.3 Å². The van der Waals surface area contributed by atoms with Crippen molar-refractivity contribution >= 4 is 23.5 Å². The first-order valence-corrected chi connectivity index (χ1v) is 13.0. The second-order valence-electron chi connectivity index (χ2n) is 12.6. The zero-order chi connectivity index (χ0) is 23.7. The van der Waals surface area contributed by atoms with Crippen molar-refractivity contribution in [3.63, 3.8) is 0 Å². The van der Waals surface area contributed by atoms with E-state index in [-0.39, 0.29) is 83.1 Å². The number of ether oxygens (including phenoxy) is 2. The summed E-state index contributed by atoms with van der Waals surface area (Å²) < 4.78 is 11.8. The summed E-state index contributed by atoms with van der Waals surface area (Å²) in [5, 5.41) is 0. The van der Waals surface area contributed by atoms with Crippen LogP contribution in [0.1, 0.15) is 52.4 Å². The highest BCUT2D eigenvalue weighted by molar-refractivity contribution is 5.96. The maximum Gasteiger partial charge on any atom is 0.334 e. The molecule has 1 spiro atoms. The van der Waals surface area contributed by atoms with Gasteiger partial charge in [0.25, 0.3) is 0 Å². The van der Waals surface area contributed by atoms with Gasteiger partial charge in [0.15, 0.2) is 5.78 Å². The minimum atomic E-state index is -0.702. The Bertz CT molecular complexity index is 1090. The highest BCUT2D eigenvalue weighted by Crippen LogP contribution is 2.75. The van der Waals surface area contributed by atoms with E-state index in [1.165, 1.54) is 0 Å². The van der Waals surface area contributed by atoms with Gasteiger partial charge in [-0.1, -0.05) is 26.5 Å². The highest BCUT2D eigenvalue weighted by atomic mass is 16.6. The number of rotatable bonds is 0. The van der Waals surface area contributed by atoms with Crippen molar-refractivity contribution in [2.24, 2.45) is 58.2 Å². The topological polar surface area (TPSA) is 86.7 Å². The van der Waals surface area contributed by atoms with Crippen LogP contribution in [0.4, 0.5) is 0 Å². The molecule has 2 bridgehead atoms. The van der Waals surface area contributed by atoms with Crippen LogP contribution in [0.3, 0.4) is 0 Å². The van der Waals surface area contributed by atoms with Crippen LogP contribution in [-0.4, -0.2) is 35.7 Å². The van der Waals surface area contributed by atoms with E-state index in [1.54, 1.807) is 6.08 Å². The molecule has 6 heteroatoms. The maximum atomic E-state index is 13.8. The van der Waals surface area contributed by atoms with Crippen molar-refractivity contribution in [2.75, 3.05) is 0 Å². The normalized spacial score (nSPS) is 54.9. The van der Waals surface area contributed by atoms with E-state index in [0.29, 0.717) is 37.7 Å². The summed E-state index contributed by atoms with van der Waals surface area (Å²) in [7, 11) is 0. The summed E-state index contributed by atoms with van der Waals surface area (Å²) in [6, 6.07) is 0. The van der Waals surface area contributed by atoms with Crippen LogP contribution < -0.4 is 0 Å². The molecule has 0 aromatic carbocycles. The molecule has 5 aliphatic carbocycles. The molecule has 2 heterocycles. The average Bonchev–Trinajstić information content (AvgIpc) is 3.46. The van der Waals surface area contributed by atoms with Gasteiger partial charge in [-0.3, -0.25) is 14.4 Å². The fourth-order valence-corrected chi connectivity index (χ4v) is 10.1. The molecular formula is C28H32O6. The molecule has 180 valence electrons. The van der Waals surface area contributed by atoms with Crippen molar-refractivity contribution in [3.8, 4) is 0 Å². The summed E-state index contributed by atoms with van der Waals surface area (Å²) in [4.78, 5) is 52.6.